The van der Waals surface area contributed by atoms with E-state index in [9.17, 15) is 31.1 Å². The number of rotatable bonds is 4. The van der Waals surface area contributed by atoms with Crippen molar-refractivity contribution in [2.45, 2.75) is 25.3 Å². The van der Waals surface area contributed by atoms with Crippen molar-refractivity contribution in [2.75, 3.05) is 45.8 Å². The van der Waals surface area contributed by atoms with Crippen LogP contribution in [0, 0.1) is 5.41 Å². The standard InChI is InChI=1S/C19H23F6N3O/c20-18(21,22)17(19(23,24)25)6-7-27(14-17)13-16(29)28-10-8-26(9-11-28)12-15-4-2-1-3-5-15/h1-5H,6-14H2. The molecule has 0 N–H and O–H groups in total. The average Bonchev–Trinajstić information content (AvgIpc) is 3.08. The molecule has 0 radical (unpaired) electrons. The van der Waals surface area contributed by atoms with Gasteiger partial charge in [-0.05, 0) is 18.5 Å². The summed E-state index contributed by atoms with van der Waals surface area (Å²) in [5, 5.41) is 0. The Labute approximate surface area is 165 Å². The van der Waals surface area contributed by atoms with Crippen molar-refractivity contribution in [3.8, 4) is 0 Å². The van der Waals surface area contributed by atoms with Crippen LogP contribution in [0.4, 0.5) is 26.3 Å². The highest BCUT2D eigenvalue weighted by molar-refractivity contribution is 5.78. The molecular formula is C19H23F6N3O. The summed E-state index contributed by atoms with van der Waals surface area (Å²) in [6.45, 7) is 0.706. The van der Waals surface area contributed by atoms with Crippen LogP contribution >= 0.6 is 0 Å². The van der Waals surface area contributed by atoms with Gasteiger partial charge >= 0.3 is 12.4 Å². The Bertz CT molecular complexity index is 684. The van der Waals surface area contributed by atoms with Crippen molar-refractivity contribution in [3.63, 3.8) is 0 Å². The summed E-state index contributed by atoms with van der Waals surface area (Å²) in [5.41, 5.74) is -2.62. The fraction of sp³-hybridized carbons (Fsp3) is 0.632. The van der Waals surface area contributed by atoms with Gasteiger partial charge in [0.05, 0.1) is 6.54 Å². The number of alkyl halides is 6. The predicted molar refractivity (Wildman–Crippen MR) is 93.9 cm³/mol. The number of carbonyl (C=O) groups is 1. The number of hydrogen-bond donors (Lipinski definition) is 0. The van der Waals surface area contributed by atoms with Crippen molar-refractivity contribution < 1.29 is 31.1 Å². The quantitative estimate of drug-likeness (QED) is 0.697. The van der Waals surface area contributed by atoms with Crippen LogP contribution in [0.1, 0.15) is 12.0 Å². The van der Waals surface area contributed by atoms with E-state index in [0.29, 0.717) is 26.2 Å². The topological polar surface area (TPSA) is 26.8 Å². The van der Waals surface area contributed by atoms with Gasteiger partial charge in [0, 0.05) is 39.3 Å². The maximum atomic E-state index is 13.2. The van der Waals surface area contributed by atoms with E-state index < -0.39 is 49.7 Å². The maximum Gasteiger partial charge on any atom is 0.404 e. The maximum absolute atomic E-state index is 13.2. The van der Waals surface area contributed by atoms with Crippen molar-refractivity contribution in [1.29, 1.82) is 0 Å². The highest BCUT2D eigenvalue weighted by atomic mass is 19.4. The lowest BCUT2D eigenvalue weighted by molar-refractivity contribution is -0.335. The third kappa shape index (κ3) is 4.69. The predicted octanol–water partition coefficient (Wildman–Crippen LogP) is 3.15. The summed E-state index contributed by atoms with van der Waals surface area (Å²) in [6.07, 6.45) is -11.9. The van der Waals surface area contributed by atoms with E-state index in [1.165, 1.54) is 4.90 Å². The molecule has 0 unspecified atom stereocenters. The number of halogens is 6. The molecular weight excluding hydrogens is 400 g/mol. The molecule has 0 aromatic heterocycles. The van der Waals surface area contributed by atoms with E-state index >= 15 is 0 Å². The summed E-state index contributed by atoms with van der Waals surface area (Å²) in [7, 11) is 0. The Morgan fingerprint density at radius 1 is 0.862 bits per heavy atom. The molecule has 29 heavy (non-hydrogen) atoms. The zero-order valence-electron chi connectivity index (χ0n) is 15.8. The zero-order valence-corrected chi connectivity index (χ0v) is 15.8. The van der Waals surface area contributed by atoms with Gasteiger partial charge < -0.3 is 4.90 Å². The Morgan fingerprint density at radius 3 is 1.97 bits per heavy atom. The highest BCUT2D eigenvalue weighted by Crippen LogP contribution is 2.55. The summed E-state index contributed by atoms with van der Waals surface area (Å²) in [6, 6.07) is 9.79. The minimum absolute atomic E-state index is 0.404. The molecule has 4 nitrogen and oxygen atoms in total. The second kappa shape index (κ2) is 8.14. The number of amides is 1. The zero-order chi connectivity index (χ0) is 21.3. The van der Waals surface area contributed by atoms with Crippen LogP contribution in [0.3, 0.4) is 0 Å². The first-order valence-electron chi connectivity index (χ1n) is 9.42. The van der Waals surface area contributed by atoms with E-state index in [-0.39, 0.29) is 0 Å². The van der Waals surface area contributed by atoms with Gasteiger partial charge in [-0.2, -0.15) is 26.3 Å². The van der Waals surface area contributed by atoms with Gasteiger partial charge in [-0.3, -0.25) is 14.6 Å². The molecule has 0 atom stereocenters. The van der Waals surface area contributed by atoms with Gasteiger partial charge in [0.25, 0.3) is 0 Å². The summed E-state index contributed by atoms with van der Waals surface area (Å²) in [5.74, 6) is -0.426. The Kier molecular flexibility index (Phi) is 6.14. The summed E-state index contributed by atoms with van der Waals surface area (Å²) < 4.78 is 78.9. The lowest BCUT2D eigenvalue weighted by Gasteiger charge is -2.36. The lowest BCUT2D eigenvalue weighted by atomic mass is 9.85. The van der Waals surface area contributed by atoms with Crippen LogP contribution in [0.15, 0.2) is 30.3 Å². The molecule has 1 aromatic carbocycles. The van der Waals surface area contributed by atoms with E-state index in [4.69, 9.17) is 0 Å². The minimum atomic E-state index is -5.40. The lowest BCUT2D eigenvalue weighted by Crippen LogP contribution is -2.53. The molecule has 162 valence electrons. The number of likely N-dealkylation sites (tertiary alicyclic amines) is 1. The van der Waals surface area contributed by atoms with E-state index in [1.807, 2.05) is 30.3 Å². The first-order valence-corrected chi connectivity index (χ1v) is 9.42. The second-order valence-electron chi connectivity index (χ2n) is 7.68. The third-order valence-corrected chi connectivity index (χ3v) is 5.77. The fourth-order valence-electron chi connectivity index (χ4n) is 3.94. The first-order chi connectivity index (χ1) is 13.5. The average molecular weight is 423 g/mol. The molecule has 0 bridgehead atoms. The van der Waals surface area contributed by atoms with Crippen LogP contribution in [-0.2, 0) is 11.3 Å². The number of nitrogens with zero attached hydrogens (tertiary/aromatic N) is 3. The van der Waals surface area contributed by atoms with Crippen LogP contribution < -0.4 is 0 Å². The molecule has 1 amide bonds. The van der Waals surface area contributed by atoms with E-state index in [0.717, 1.165) is 17.0 Å². The molecule has 10 heteroatoms. The van der Waals surface area contributed by atoms with Crippen molar-refractivity contribution in [2.24, 2.45) is 5.41 Å². The van der Waals surface area contributed by atoms with Crippen LogP contribution in [0.25, 0.3) is 0 Å². The molecule has 0 spiro atoms. The normalized spacial score (nSPS) is 21.5. The molecule has 2 aliphatic heterocycles. The fourth-order valence-corrected chi connectivity index (χ4v) is 3.94. The van der Waals surface area contributed by atoms with E-state index in [2.05, 4.69) is 4.90 Å². The number of piperazine rings is 1. The molecule has 3 rings (SSSR count). The smallest absolute Gasteiger partial charge is 0.339 e. The second-order valence-corrected chi connectivity index (χ2v) is 7.68. The van der Waals surface area contributed by atoms with Gasteiger partial charge in [-0.1, -0.05) is 30.3 Å². The first kappa shape index (κ1) is 21.9. The molecule has 2 fully saturated rings. The van der Waals surface area contributed by atoms with Crippen LogP contribution in [0.2, 0.25) is 0 Å². The highest BCUT2D eigenvalue weighted by Gasteiger charge is 2.72. The molecule has 2 heterocycles. The van der Waals surface area contributed by atoms with Gasteiger partial charge in [0.2, 0.25) is 5.91 Å². The minimum Gasteiger partial charge on any atom is -0.339 e. The van der Waals surface area contributed by atoms with E-state index in [1.54, 1.807) is 0 Å². The van der Waals surface area contributed by atoms with Crippen molar-refractivity contribution in [3.05, 3.63) is 35.9 Å². The molecule has 0 aliphatic carbocycles. The van der Waals surface area contributed by atoms with Gasteiger partial charge in [0.1, 0.15) is 0 Å². The van der Waals surface area contributed by atoms with Gasteiger partial charge in [-0.15, -0.1) is 0 Å². The van der Waals surface area contributed by atoms with Crippen molar-refractivity contribution in [1.82, 2.24) is 14.7 Å². The van der Waals surface area contributed by atoms with Crippen LogP contribution in [0.5, 0.6) is 0 Å². The molecule has 0 saturated carbocycles. The molecule has 2 saturated heterocycles. The molecule has 1 aromatic rings. The van der Waals surface area contributed by atoms with Crippen molar-refractivity contribution >= 4 is 5.91 Å². The van der Waals surface area contributed by atoms with Gasteiger partial charge in [0.15, 0.2) is 5.41 Å². The number of benzene rings is 1. The Hall–Kier alpha value is -1.81. The number of hydrogen-bond acceptors (Lipinski definition) is 3. The Balaban J connectivity index is 1.51. The third-order valence-electron chi connectivity index (χ3n) is 5.77. The Morgan fingerprint density at radius 2 is 1.45 bits per heavy atom. The SMILES string of the molecule is O=C(CN1CCC(C(F)(F)F)(C(F)(F)F)C1)N1CCN(Cc2ccccc2)CC1. The largest absolute Gasteiger partial charge is 0.404 e. The molecule has 2 aliphatic rings. The van der Waals surface area contributed by atoms with Crippen LogP contribution in [-0.4, -0.2) is 78.8 Å². The monoisotopic (exact) mass is 423 g/mol. The summed E-state index contributed by atoms with van der Waals surface area (Å²) >= 11 is 0. The summed E-state index contributed by atoms with van der Waals surface area (Å²) in [4.78, 5) is 17.1. The number of carbonyl (C=O) groups excluding carboxylic acids is 1. The van der Waals surface area contributed by atoms with Gasteiger partial charge in [-0.25, -0.2) is 0 Å².